The third-order valence-electron chi connectivity index (χ3n) is 5.25. The topological polar surface area (TPSA) is 107 Å². The Balaban J connectivity index is 1.65. The first-order valence-corrected chi connectivity index (χ1v) is 9.41. The number of rotatable bonds is 4. The number of likely N-dealkylation sites (tertiary alicyclic amines) is 1. The van der Waals surface area contributed by atoms with Gasteiger partial charge in [0.2, 0.25) is 5.91 Å². The molecule has 0 unspecified atom stereocenters. The lowest BCUT2D eigenvalue weighted by molar-refractivity contribution is -0.119. The van der Waals surface area contributed by atoms with Crippen LogP contribution in [0.1, 0.15) is 41.9 Å². The second-order valence-corrected chi connectivity index (χ2v) is 7.13. The van der Waals surface area contributed by atoms with Gasteiger partial charge in [0.1, 0.15) is 0 Å². The Labute approximate surface area is 162 Å². The molecule has 0 aliphatic carbocycles. The third-order valence-corrected chi connectivity index (χ3v) is 5.25. The van der Waals surface area contributed by atoms with Gasteiger partial charge < -0.3 is 10.6 Å². The van der Waals surface area contributed by atoms with Crippen LogP contribution in [0.2, 0.25) is 0 Å². The fourth-order valence-electron chi connectivity index (χ4n) is 3.82. The van der Waals surface area contributed by atoms with Crippen LogP contribution in [0.15, 0.2) is 36.5 Å². The maximum absolute atomic E-state index is 13.1. The minimum Gasteiger partial charge on any atom is -0.370 e. The van der Waals surface area contributed by atoms with E-state index in [4.69, 9.17) is 5.73 Å². The van der Waals surface area contributed by atoms with E-state index in [2.05, 4.69) is 15.3 Å². The van der Waals surface area contributed by atoms with Crippen molar-refractivity contribution in [3.8, 4) is 5.69 Å². The molecule has 8 heteroatoms. The number of amides is 2. The smallest absolute Gasteiger partial charge is 0.276 e. The van der Waals surface area contributed by atoms with Gasteiger partial charge in [-0.2, -0.15) is 0 Å². The Bertz CT molecular complexity index is 1040. The van der Waals surface area contributed by atoms with Gasteiger partial charge in [0, 0.05) is 30.6 Å². The van der Waals surface area contributed by atoms with Crippen LogP contribution in [0, 0.1) is 6.92 Å². The molecule has 1 fully saturated rings. The van der Waals surface area contributed by atoms with Crippen molar-refractivity contribution in [2.45, 2.75) is 38.6 Å². The van der Waals surface area contributed by atoms with Crippen molar-refractivity contribution in [3.05, 3.63) is 47.9 Å². The van der Waals surface area contributed by atoms with Crippen LogP contribution in [-0.2, 0) is 4.79 Å². The third kappa shape index (κ3) is 3.33. The summed E-state index contributed by atoms with van der Waals surface area (Å²) in [6, 6.07) is 9.48. The first-order chi connectivity index (χ1) is 13.5. The zero-order valence-electron chi connectivity index (χ0n) is 15.7. The molecule has 2 amide bonds. The van der Waals surface area contributed by atoms with Gasteiger partial charge >= 0.3 is 0 Å². The largest absolute Gasteiger partial charge is 0.370 e. The quantitative estimate of drug-likeness (QED) is 0.747. The Morgan fingerprint density at radius 3 is 2.93 bits per heavy atom. The van der Waals surface area contributed by atoms with Crippen molar-refractivity contribution in [1.29, 1.82) is 0 Å². The number of nitrogens with two attached hydrogens (primary N) is 1. The first kappa shape index (κ1) is 18.1. The Kier molecular flexibility index (Phi) is 4.77. The van der Waals surface area contributed by atoms with Crippen molar-refractivity contribution >= 4 is 22.7 Å². The average Bonchev–Trinajstić information content (AvgIpc) is 3.08. The van der Waals surface area contributed by atoms with Gasteiger partial charge in [-0.25, -0.2) is 4.68 Å². The van der Waals surface area contributed by atoms with E-state index in [0.29, 0.717) is 17.9 Å². The molecule has 0 radical (unpaired) electrons. The Morgan fingerprint density at radius 2 is 2.11 bits per heavy atom. The number of hydrogen-bond donors (Lipinski definition) is 1. The molecule has 1 aliphatic rings. The zero-order chi connectivity index (χ0) is 19.7. The predicted octanol–water partition coefficient (Wildman–Crippen LogP) is 1.99. The van der Waals surface area contributed by atoms with E-state index >= 15 is 0 Å². The molecule has 1 atom stereocenters. The molecular formula is C20H22N6O2. The summed E-state index contributed by atoms with van der Waals surface area (Å²) in [6.07, 6.45) is 4.60. The summed E-state index contributed by atoms with van der Waals surface area (Å²) in [5, 5.41) is 9.34. The van der Waals surface area contributed by atoms with Gasteiger partial charge in [-0.1, -0.05) is 11.3 Å². The van der Waals surface area contributed by atoms with Crippen LogP contribution in [-0.4, -0.2) is 49.3 Å². The van der Waals surface area contributed by atoms with Crippen LogP contribution in [0.25, 0.3) is 16.6 Å². The highest BCUT2D eigenvalue weighted by atomic mass is 16.2. The molecule has 0 bridgehead atoms. The van der Waals surface area contributed by atoms with Gasteiger partial charge in [-0.3, -0.25) is 14.6 Å². The Hall–Kier alpha value is -3.29. The van der Waals surface area contributed by atoms with Crippen molar-refractivity contribution in [3.63, 3.8) is 0 Å². The molecule has 4 rings (SSSR count). The molecule has 144 valence electrons. The molecule has 28 heavy (non-hydrogen) atoms. The summed E-state index contributed by atoms with van der Waals surface area (Å²) < 4.78 is 1.66. The molecule has 8 nitrogen and oxygen atoms in total. The summed E-state index contributed by atoms with van der Waals surface area (Å²) in [6.45, 7) is 2.43. The number of piperidine rings is 1. The summed E-state index contributed by atoms with van der Waals surface area (Å²) in [5.41, 5.74) is 8.05. The molecule has 2 N–H and O–H groups in total. The van der Waals surface area contributed by atoms with Crippen LogP contribution in [0.3, 0.4) is 0 Å². The van der Waals surface area contributed by atoms with E-state index in [9.17, 15) is 9.59 Å². The lowest BCUT2D eigenvalue weighted by Gasteiger charge is -2.34. The first-order valence-electron chi connectivity index (χ1n) is 9.41. The molecule has 1 saturated heterocycles. The molecule has 1 aliphatic heterocycles. The predicted molar refractivity (Wildman–Crippen MR) is 104 cm³/mol. The van der Waals surface area contributed by atoms with E-state index in [1.807, 2.05) is 37.3 Å². The minimum atomic E-state index is -0.394. The number of carbonyl (C=O) groups is 2. The maximum atomic E-state index is 13.1. The summed E-state index contributed by atoms with van der Waals surface area (Å²) in [4.78, 5) is 30.5. The number of benzene rings is 1. The lowest BCUT2D eigenvalue weighted by atomic mass is 9.98. The van der Waals surface area contributed by atoms with E-state index in [1.165, 1.54) is 0 Å². The summed E-state index contributed by atoms with van der Waals surface area (Å²) >= 11 is 0. The van der Waals surface area contributed by atoms with Crippen LogP contribution in [0.4, 0.5) is 0 Å². The van der Waals surface area contributed by atoms with Gasteiger partial charge in [-0.15, -0.1) is 5.10 Å². The van der Waals surface area contributed by atoms with Gasteiger partial charge in [0.05, 0.1) is 16.9 Å². The molecule has 0 saturated carbocycles. The van der Waals surface area contributed by atoms with E-state index in [1.54, 1.807) is 15.8 Å². The monoisotopic (exact) mass is 378 g/mol. The second kappa shape index (κ2) is 7.38. The van der Waals surface area contributed by atoms with E-state index in [-0.39, 0.29) is 18.4 Å². The van der Waals surface area contributed by atoms with Gasteiger partial charge in [-0.05, 0) is 50.5 Å². The standard InChI is InChI=1S/C20H22N6O2/c1-13-19(20(28)25-10-3-2-6-15(25)12-18(21)27)23-24-26(13)16-7-8-17-14(11-16)5-4-9-22-17/h4-5,7-9,11,15H,2-3,6,10,12H2,1H3,(H2,21,27)/t15-/m0/s1. The number of fused-ring (bicyclic) bond motifs is 1. The van der Waals surface area contributed by atoms with E-state index in [0.717, 1.165) is 35.9 Å². The van der Waals surface area contributed by atoms with Crippen LogP contribution in [0.5, 0.6) is 0 Å². The van der Waals surface area contributed by atoms with Gasteiger partial charge in [0.25, 0.3) is 5.91 Å². The van der Waals surface area contributed by atoms with E-state index < -0.39 is 5.91 Å². The fourth-order valence-corrected chi connectivity index (χ4v) is 3.82. The van der Waals surface area contributed by atoms with Crippen molar-refractivity contribution in [1.82, 2.24) is 24.9 Å². The molecule has 2 aromatic heterocycles. The highest BCUT2D eigenvalue weighted by molar-refractivity contribution is 5.94. The number of pyridine rings is 1. The molecule has 1 aromatic carbocycles. The number of hydrogen-bond acceptors (Lipinski definition) is 5. The summed E-state index contributed by atoms with van der Waals surface area (Å²) in [7, 11) is 0. The Morgan fingerprint density at radius 1 is 1.25 bits per heavy atom. The van der Waals surface area contributed by atoms with Crippen molar-refractivity contribution in [2.24, 2.45) is 5.73 Å². The second-order valence-electron chi connectivity index (χ2n) is 7.13. The minimum absolute atomic E-state index is 0.171. The molecule has 3 aromatic rings. The normalized spacial score (nSPS) is 17.0. The van der Waals surface area contributed by atoms with Crippen LogP contribution < -0.4 is 5.73 Å². The number of carbonyl (C=O) groups excluding carboxylic acids is 2. The molecule has 0 spiro atoms. The molecular weight excluding hydrogens is 356 g/mol. The summed E-state index contributed by atoms with van der Waals surface area (Å²) in [5.74, 6) is -0.591. The maximum Gasteiger partial charge on any atom is 0.276 e. The van der Waals surface area contributed by atoms with Crippen molar-refractivity contribution in [2.75, 3.05) is 6.54 Å². The fraction of sp³-hybridized carbons (Fsp3) is 0.350. The number of nitrogens with zero attached hydrogens (tertiary/aromatic N) is 5. The molecule has 3 heterocycles. The number of primary amides is 1. The number of aromatic nitrogens is 4. The SMILES string of the molecule is Cc1c(C(=O)N2CCCC[C@H]2CC(N)=O)nnn1-c1ccc2ncccc2c1. The van der Waals surface area contributed by atoms with Gasteiger partial charge in [0.15, 0.2) is 5.69 Å². The zero-order valence-corrected chi connectivity index (χ0v) is 15.7. The average molecular weight is 378 g/mol. The highest BCUT2D eigenvalue weighted by Crippen LogP contribution is 2.23. The lowest BCUT2D eigenvalue weighted by Crippen LogP contribution is -2.45. The van der Waals surface area contributed by atoms with Crippen molar-refractivity contribution < 1.29 is 9.59 Å². The highest BCUT2D eigenvalue weighted by Gasteiger charge is 2.31. The van der Waals surface area contributed by atoms with Crippen LogP contribution >= 0.6 is 0 Å².